The van der Waals surface area contributed by atoms with Gasteiger partial charge in [0.1, 0.15) is 5.76 Å². The summed E-state index contributed by atoms with van der Waals surface area (Å²) < 4.78 is 4.98. The van der Waals surface area contributed by atoms with Crippen molar-refractivity contribution in [1.29, 1.82) is 0 Å². The summed E-state index contributed by atoms with van der Waals surface area (Å²) in [6.07, 6.45) is 3.26. The van der Waals surface area contributed by atoms with E-state index >= 15 is 0 Å². The van der Waals surface area contributed by atoms with Gasteiger partial charge in [-0.25, -0.2) is 0 Å². The van der Waals surface area contributed by atoms with Crippen LogP contribution in [-0.2, 0) is 20.8 Å². The molecule has 2 saturated heterocycles. The molecule has 3 heterocycles. The van der Waals surface area contributed by atoms with Gasteiger partial charge in [-0.15, -0.1) is 0 Å². The number of nitrogens with one attached hydrogen (secondary N) is 1. The van der Waals surface area contributed by atoms with E-state index in [4.69, 9.17) is 4.52 Å². The third kappa shape index (κ3) is 5.36. The van der Waals surface area contributed by atoms with Crippen LogP contribution in [0, 0.1) is 18.8 Å². The monoisotopic (exact) mass is 438 g/mol. The number of carbonyl (C=O) groups is 3. The van der Waals surface area contributed by atoms with Crippen LogP contribution in [0.25, 0.3) is 0 Å². The summed E-state index contributed by atoms with van der Waals surface area (Å²) in [6.45, 7) is 4.08. The molecule has 3 amide bonds. The fraction of sp³-hybridized carbons (Fsp3) is 0.500. The molecule has 2 aromatic rings. The van der Waals surface area contributed by atoms with Crippen LogP contribution in [0.1, 0.15) is 37.0 Å². The van der Waals surface area contributed by atoms with Gasteiger partial charge in [-0.1, -0.05) is 35.5 Å². The number of carbonyl (C=O) groups excluding carboxylic acids is 3. The highest BCUT2D eigenvalue weighted by molar-refractivity contribution is 5.92. The summed E-state index contributed by atoms with van der Waals surface area (Å²) in [4.78, 5) is 42.0. The summed E-state index contributed by atoms with van der Waals surface area (Å²) in [5.74, 6) is 0.859. The van der Waals surface area contributed by atoms with Gasteiger partial charge < -0.3 is 19.6 Å². The largest absolute Gasteiger partial charge is 0.360 e. The second kappa shape index (κ2) is 9.97. The Balaban J connectivity index is 1.26. The Hall–Kier alpha value is -3.16. The summed E-state index contributed by atoms with van der Waals surface area (Å²) in [5, 5.41) is 6.59. The normalized spacial score (nSPS) is 19.6. The predicted molar refractivity (Wildman–Crippen MR) is 119 cm³/mol. The molecule has 0 bridgehead atoms. The van der Waals surface area contributed by atoms with E-state index in [1.54, 1.807) is 13.0 Å². The first kappa shape index (κ1) is 22.0. The van der Waals surface area contributed by atoms with Crippen molar-refractivity contribution >= 4 is 23.5 Å². The second-order valence-electron chi connectivity index (χ2n) is 8.75. The molecule has 2 aliphatic rings. The lowest BCUT2D eigenvalue weighted by atomic mass is 9.92. The molecule has 0 aliphatic carbocycles. The molecule has 1 atom stereocenters. The number of rotatable bonds is 5. The number of anilines is 1. The molecule has 0 spiro atoms. The quantitative estimate of drug-likeness (QED) is 0.774. The Labute approximate surface area is 187 Å². The summed E-state index contributed by atoms with van der Waals surface area (Å²) in [5.41, 5.74) is 0.993. The minimum atomic E-state index is -0.160. The number of piperidine rings is 2. The van der Waals surface area contributed by atoms with Crippen LogP contribution < -0.4 is 5.32 Å². The Kier molecular flexibility index (Phi) is 6.87. The van der Waals surface area contributed by atoms with E-state index in [-0.39, 0.29) is 29.6 Å². The molecule has 32 heavy (non-hydrogen) atoms. The first-order chi connectivity index (χ1) is 15.5. The predicted octanol–water partition coefficient (Wildman–Crippen LogP) is 2.64. The van der Waals surface area contributed by atoms with Crippen LogP contribution in [0.2, 0.25) is 0 Å². The van der Waals surface area contributed by atoms with Gasteiger partial charge in [-0.3, -0.25) is 14.4 Å². The molecule has 1 N–H and O–H groups in total. The molecular weight excluding hydrogens is 408 g/mol. The van der Waals surface area contributed by atoms with Crippen molar-refractivity contribution in [1.82, 2.24) is 15.0 Å². The minimum absolute atomic E-state index is 0.0761. The Bertz CT molecular complexity index is 950. The van der Waals surface area contributed by atoms with E-state index < -0.39 is 0 Å². The van der Waals surface area contributed by atoms with E-state index in [0.717, 1.165) is 18.4 Å². The molecule has 8 heteroatoms. The fourth-order valence-electron chi connectivity index (χ4n) is 4.56. The van der Waals surface area contributed by atoms with Crippen LogP contribution in [0.5, 0.6) is 0 Å². The van der Waals surface area contributed by atoms with Crippen molar-refractivity contribution in [2.75, 3.05) is 31.5 Å². The first-order valence-corrected chi connectivity index (χ1v) is 11.3. The van der Waals surface area contributed by atoms with Gasteiger partial charge in [0, 0.05) is 38.2 Å². The molecule has 4 rings (SSSR count). The second-order valence-corrected chi connectivity index (χ2v) is 8.75. The zero-order valence-electron chi connectivity index (χ0n) is 18.5. The zero-order valence-corrected chi connectivity index (χ0v) is 18.5. The van der Waals surface area contributed by atoms with Crippen molar-refractivity contribution in [3.8, 4) is 0 Å². The van der Waals surface area contributed by atoms with Gasteiger partial charge in [0.25, 0.3) is 0 Å². The van der Waals surface area contributed by atoms with Gasteiger partial charge in [-0.05, 0) is 38.2 Å². The number of aromatic nitrogens is 1. The molecule has 0 saturated carbocycles. The Morgan fingerprint density at radius 1 is 1.03 bits per heavy atom. The number of benzene rings is 1. The van der Waals surface area contributed by atoms with E-state index in [1.165, 1.54) is 0 Å². The molecule has 1 aromatic heterocycles. The SMILES string of the molecule is Cc1cc(NC(=O)C2CCN(C(=O)C3CCCN(C(=O)Cc4ccccc4)C3)CC2)no1. The number of amides is 3. The summed E-state index contributed by atoms with van der Waals surface area (Å²) >= 11 is 0. The van der Waals surface area contributed by atoms with Crippen LogP contribution in [0.15, 0.2) is 40.9 Å². The molecule has 1 unspecified atom stereocenters. The third-order valence-electron chi connectivity index (χ3n) is 6.38. The summed E-state index contributed by atoms with van der Waals surface area (Å²) in [7, 11) is 0. The fourth-order valence-corrected chi connectivity index (χ4v) is 4.56. The molecular formula is C24H30N4O4. The first-order valence-electron chi connectivity index (χ1n) is 11.3. The lowest BCUT2D eigenvalue weighted by molar-refractivity contribution is -0.142. The number of aryl methyl sites for hydroxylation is 1. The molecule has 0 radical (unpaired) electrons. The van der Waals surface area contributed by atoms with E-state index in [1.807, 2.05) is 40.1 Å². The van der Waals surface area contributed by atoms with Crippen LogP contribution >= 0.6 is 0 Å². The molecule has 170 valence electrons. The standard InChI is InChI=1S/C24H30N4O4/c1-17-14-21(26-32-17)25-23(30)19-9-12-27(13-10-19)24(31)20-8-5-11-28(16-20)22(29)15-18-6-3-2-4-7-18/h2-4,6-7,14,19-20H,5,8-13,15-16H2,1H3,(H,25,26,30). The number of hydrogen-bond acceptors (Lipinski definition) is 5. The molecule has 2 fully saturated rings. The highest BCUT2D eigenvalue weighted by Gasteiger charge is 2.34. The van der Waals surface area contributed by atoms with Crippen molar-refractivity contribution < 1.29 is 18.9 Å². The maximum atomic E-state index is 13.1. The van der Waals surface area contributed by atoms with Crippen LogP contribution in [-0.4, -0.2) is 58.9 Å². The highest BCUT2D eigenvalue weighted by atomic mass is 16.5. The van der Waals surface area contributed by atoms with E-state index in [2.05, 4.69) is 10.5 Å². The van der Waals surface area contributed by atoms with Crippen molar-refractivity contribution in [2.45, 2.75) is 39.0 Å². The van der Waals surface area contributed by atoms with Gasteiger partial charge in [0.2, 0.25) is 17.7 Å². The van der Waals surface area contributed by atoms with Gasteiger partial charge in [0.15, 0.2) is 5.82 Å². The van der Waals surface area contributed by atoms with Gasteiger partial charge >= 0.3 is 0 Å². The maximum Gasteiger partial charge on any atom is 0.228 e. The van der Waals surface area contributed by atoms with Gasteiger partial charge in [-0.2, -0.15) is 0 Å². The Morgan fingerprint density at radius 3 is 2.47 bits per heavy atom. The van der Waals surface area contributed by atoms with Crippen molar-refractivity contribution in [3.63, 3.8) is 0 Å². The highest BCUT2D eigenvalue weighted by Crippen LogP contribution is 2.24. The van der Waals surface area contributed by atoms with Crippen molar-refractivity contribution in [2.24, 2.45) is 11.8 Å². The van der Waals surface area contributed by atoms with E-state index in [9.17, 15) is 14.4 Å². The minimum Gasteiger partial charge on any atom is -0.360 e. The van der Waals surface area contributed by atoms with Gasteiger partial charge in [0.05, 0.1) is 12.3 Å². The Morgan fingerprint density at radius 2 is 1.78 bits per heavy atom. The number of hydrogen-bond donors (Lipinski definition) is 1. The lowest BCUT2D eigenvalue weighted by Crippen LogP contribution is -2.49. The zero-order chi connectivity index (χ0) is 22.5. The lowest BCUT2D eigenvalue weighted by Gasteiger charge is -2.37. The molecule has 1 aromatic carbocycles. The topological polar surface area (TPSA) is 95.8 Å². The smallest absolute Gasteiger partial charge is 0.228 e. The average Bonchev–Trinajstić information content (AvgIpc) is 3.23. The molecule has 8 nitrogen and oxygen atoms in total. The van der Waals surface area contributed by atoms with Crippen molar-refractivity contribution in [3.05, 3.63) is 47.7 Å². The number of nitrogens with zero attached hydrogens (tertiary/aromatic N) is 3. The third-order valence-corrected chi connectivity index (χ3v) is 6.38. The maximum absolute atomic E-state index is 13.1. The number of likely N-dealkylation sites (tertiary alicyclic amines) is 2. The summed E-state index contributed by atoms with van der Waals surface area (Å²) in [6, 6.07) is 11.4. The average molecular weight is 439 g/mol. The van der Waals surface area contributed by atoms with E-state index in [0.29, 0.717) is 57.0 Å². The van der Waals surface area contributed by atoms with Crippen LogP contribution in [0.3, 0.4) is 0 Å². The molecule has 2 aliphatic heterocycles. The van der Waals surface area contributed by atoms with Crippen LogP contribution in [0.4, 0.5) is 5.82 Å².